The molecule has 5 atom stereocenters. The Morgan fingerprint density at radius 2 is 2.07 bits per heavy atom. The molecule has 88 valence electrons. The standard InChI is InChI=1S/C12H22O3/c1-5-7-14-12-9(4)8(3)11(13)10(6-2)15-12/h5,8-13H,1,6-7H2,2-4H3/t8-,9-,10-,11+,12+/m1/s1. The maximum absolute atomic E-state index is 9.95. The molecule has 1 saturated heterocycles. The molecule has 1 heterocycles. The number of hydrogen-bond acceptors (Lipinski definition) is 3. The first-order chi connectivity index (χ1) is 7.11. The van der Waals surface area contributed by atoms with Crippen LogP contribution in [0.5, 0.6) is 0 Å². The molecule has 0 unspecified atom stereocenters. The molecule has 1 aliphatic heterocycles. The molecule has 0 aromatic carbocycles. The second kappa shape index (κ2) is 5.64. The molecule has 1 fully saturated rings. The topological polar surface area (TPSA) is 38.7 Å². The molecule has 0 amide bonds. The summed E-state index contributed by atoms with van der Waals surface area (Å²) in [6.07, 6.45) is 1.82. The summed E-state index contributed by atoms with van der Waals surface area (Å²) in [7, 11) is 0. The molecule has 3 heteroatoms. The Labute approximate surface area is 92.1 Å². The number of aliphatic hydroxyl groups excluding tert-OH is 1. The molecule has 1 rings (SSSR count). The molecule has 3 nitrogen and oxygen atoms in total. The van der Waals surface area contributed by atoms with Crippen LogP contribution < -0.4 is 0 Å². The third kappa shape index (κ3) is 2.80. The van der Waals surface area contributed by atoms with E-state index in [4.69, 9.17) is 9.47 Å². The van der Waals surface area contributed by atoms with E-state index in [9.17, 15) is 5.11 Å². The highest BCUT2D eigenvalue weighted by Gasteiger charge is 2.39. The Morgan fingerprint density at radius 1 is 1.40 bits per heavy atom. The summed E-state index contributed by atoms with van der Waals surface area (Å²) in [6.45, 7) is 10.2. The van der Waals surface area contributed by atoms with Crippen LogP contribution in [0.4, 0.5) is 0 Å². The fraction of sp³-hybridized carbons (Fsp3) is 0.833. The van der Waals surface area contributed by atoms with Crippen molar-refractivity contribution in [3.63, 3.8) is 0 Å². The van der Waals surface area contributed by atoms with E-state index in [1.165, 1.54) is 0 Å². The van der Waals surface area contributed by atoms with Crippen molar-refractivity contribution in [3.05, 3.63) is 12.7 Å². The van der Waals surface area contributed by atoms with Gasteiger partial charge in [-0.15, -0.1) is 6.58 Å². The van der Waals surface area contributed by atoms with Gasteiger partial charge in [-0.25, -0.2) is 0 Å². The molecule has 0 radical (unpaired) electrons. The van der Waals surface area contributed by atoms with Crippen LogP contribution in [0.15, 0.2) is 12.7 Å². The zero-order chi connectivity index (χ0) is 11.4. The van der Waals surface area contributed by atoms with Gasteiger partial charge in [0.05, 0.1) is 18.8 Å². The van der Waals surface area contributed by atoms with E-state index in [-0.39, 0.29) is 30.3 Å². The van der Waals surface area contributed by atoms with Crippen LogP contribution >= 0.6 is 0 Å². The van der Waals surface area contributed by atoms with Crippen LogP contribution in [0, 0.1) is 11.8 Å². The molecule has 0 aliphatic carbocycles. The van der Waals surface area contributed by atoms with Gasteiger partial charge in [0.1, 0.15) is 0 Å². The first-order valence-electron chi connectivity index (χ1n) is 5.67. The third-order valence-corrected chi connectivity index (χ3v) is 3.27. The maximum atomic E-state index is 9.95. The minimum absolute atomic E-state index is 0.106. The Morgan fingerprint density at radius 3 is 2.60 bits per heavy atom. The Hall–Kier alpha value is -0.380. The molecule has 0 saturated carbocycles. The normalized spacial score (nSPS) is 41.5. The smallest absolute Gasteiger partial charge is 0.161 e. The zero-order valence-corrected chi connectivity index (χ0v) is 9.85. The van der Waals surface area contributed by atoms with Gasteiger partial charge in [0.25, 0.3) is 0 Å². The quantitative estimate of drug-likeness (QED) is 0.727. The van der Waals surface area contributed by atoms with Crippen LogP contribution in [-0.2, 0) is 9.47 Å². The minimum Gasteiger partial charge on any atom is -0.390 e. The van der Waals surface area contributed by atoms with Crippen molar-refractivity contribution in [2.45, 2.75) is 45.7 Å². The summed E-state index contributed by atoms with van der Waals surface area (Å²) >= 11 is 0. The van der Waals surface area contributed by atoms with Gasteiger partial charge >= 0.3 is 0 Å². The van der Waals surface area contributed by atoms with E-state index in [1.54, 1.807) is 6.08 Å². The van der Waals surface area contributed by atoms with Crippen molar-refractivity contribution in [1.29, 1.82) is 0 Å². The van der Waals surface area contributed by atoms with Gasteiger partial charge in [-0.2, -0.15) is 0 Å². The summed E-state index contributed by atoms with van der Waals surface area (Å²) in [4.78, 5) is 0. The van der Waals surface area contributed by atoms with Crippen LogP contribution in [0.3, 0.4) is 0 Å². The number of ether oxygens (including phenoxy) is 2. The van der Waals surface area contributed by atoms with Gasteiger partial charge in [0.2, 0.25) is 0 Å². The predicted octanol–water partition coefficient (Wildman–Crippen LogP) is 1.96. The van der Waals surface area contributed by atoms with Gasteiger partial charge in [-0.1, -0.05) is 26.8 Å². The van der Waals surface area contributed by atoms with Crippen molar-refractivity contribution in [1.82, 2.24) is 0 Å². The van der Waals surface area contributed by atoms with E-state index >= 15 is 0 Å². The largest absolute Gasteiger partial charge is 0.390 e. The number of hydrogen-bond donors (Lipinski definition) is 1. The second-order valence-corrected chi connectivity index (χ2v) is 4.28. The molecular formula is C12H22O3. The van der Waals surface area contributed by atoms with Gasteiger partial charge in [-0.3, -0.25) is 0 Å². The Kier molecular flexibility index (Phi) is 4.77. The Bertz CT molecular complexity index is 203. The fourth-order valence-electron chi connectivity index (χ4n) is 1.97. The van der Waals surface area contributed by atoms with E-state index in [0.29, 0.717) is 6.61 Å². The first kappa shape index (κ1) is 12.7. The first-order valence-corrected chi connectivity index (χ1v) is 5.67. The highest BCUT2D eigenvalue weighted by atomic mass is 16.7. The lowest BCUT2D eigenvalue weighted by Crippen LogP contribution is -2.49. The van der Waals surface area contributed by atoms with Gasteiger partial charge < -0.3 is 14.6 Å². The summed E-state index contributed by atoms with van der Waals surface area (Å²) in [5, 5.41) is 9.95. The lowest BCUT2D eigenvalue weighted by molar-refractivity contribution is -0.259. The van der Waals surface area contributed by atoms with Crippen LogP contribution in [0.2, 0.25) is 0 Å². The lowest BCUT2D eigenvalue weighted by atomic mass is 9.84. The molecular weight excluding hydrogens is 192 g/mol. The summed E-state index contributed by atoms with van der Waals surface area (Å²) in [5.74, 6) is 0.418. The predicted molar refractivity (Wildman–Crippen MR) is 59.4 cm³/mol. The summed E-state index contributed by atoms with van der Waals surface area (Å²) < 4.78 is 11.3. The van der Waals surface area contributed by atoms with E-state index in [2.05, 4.69) is 6.58 Å². The van der Waals surface area contributed by atoms with Crippen molar-refractivity contribution >= 4 is 0 Å². The molecule has 0 aromatic heterocycles. The van der Waals surface area contributed by atoms with Crippen molar-refractivity contribution in [3.8, 4) is 0 Å². The maximum Gasteiger partial charge on any atom is 0.161 e. The molecule has 1 N–H and O–H groups in total. The molecule has 0 aromatic rings. The van der Waals surface area contributed by atoms with Gasteiger partial charge in [-0.05, 0) is 12.3 Å². The van der Waals surface area contributed by atoms with Gasteiger partial charge in [0.15, 0.2) is 6.29 Å². The van der Waals surface area contributed by atoms with Crippen molar-refractivity contribution < 1.29 is 14.6 Å². The average molecular weight is 214 g/mol. The van der Waals surface area contributed by atoms with E-state index in [1.807, 2.05) is 20.8 Å². The number of rotatable bonds is 4. The van der Waals surface area contributed by atoms with Crippen LogP contribution in [0.1, 0.15) is 27.2 Å². The van der Waals surface area contributed by atoms with Crippen LogP contribution in [0.25, 0.3) is 0 Å². The summed E-state index contributed by atoms with van der Waals surface area (Å²) in [6, 6.07) is 0. The van der Waals surface area contributed by atoms with Crippen molar-refractivity contribution in [2.75, 3.05) is 6.61 Å². The summed E-state index contributed by atoms with van der Waals surface area (Å²) in [5.41, 5.74) is 0. The molecule has 1 aliphatic rings. The van der Waals surface area contributed by atoms with Crippen molar-refractivity contribution in [2.24, 2.45) is 11.8 Å². The lowest BCUT2D eigenvalue weighted by Gasteiger charge is -2.42. The van der Waals surface area contributed by atoms with Crippen LogP contribution in [-0.4, -0.2) is 30.2 Å². The second-order valence-electron chi connectivity index (χ2n) is 4.28. The number of aliphatic hydroxyl groups is 1. The van der Waals surface area contributed by atoms with E-state index in [0.717, 1.165) is 6.42 Å². The fourth-order valence-corrected chi connectivity index (χ4v) is 1.97. The highest BCUT2D eigenvalue weighted by molar-refractivity contribution is 4.84. The SMILES string of the molecule is C=CCO[C@H]1O[C@H](CC)[C@@H](O)[C@H](C)[C@H]1C. The molecule has 0 bridgehead atoms. The van der Waals surface area contributed by atoms with Gasteiger partial charge in [0, 0.05) is 5.92 Å². The third-order valence-electron chi connectivity index (χ3n) is 3.27. The van der Waals surface area contributed by atoms with E-state index < -0.39 is 0 Å². The zero-order valence-electron chi connectivity index (χ0n) is 9.85. The monoisotopic (exact) mass is 214 g/mol. The molecule has 15 heavy (non-hydrogen) atoms. The molecule has 0 spiro atoms. The minimum atomic E-state index is -0.381. The average Bonchev–Trinajstić information content (AvgIpc) is 2.25. The highest BCUT2D eigenvalue weighted by Crippen LogP contribution is 2.32. The Balaban J connectivity index is 2.60.